The molecule has 0 aromatic rings. The number of aliphatic hydroxyl groups is 3. The Bertz CT molecular complexity index is 1400. The molecular formula is C37H54O10. The van der Waals surface area contributed by atoms with Gasteiger partial charge in [-0.15, -0.1) is 0 Å². The highest BCUT2D eigenvalue weighted by Gasteiger charge is 2.83. The molecular weight excluding hydrogens is 604 g/mol. The summed E-state index contributed by atoms with van der Waals surface area (Å²) in [6, 6.07) is 0. The Labute approximate surface area is 277 Å². The van der Waals surface area contributed by atoms with Crippen molar-refractivity contribution >= 4 is 17.5 Å². The van der Waals surface area contributed by atoms with Crippen LogP contribution in [0.1, 0.15) is 100 Å². The van der Waals surface area contributed by atoms with E-state index in [1.807, 2.05) is 20.8 Å². The van der Waals surface area contributed by atoms with Crippen molar-refractivity contribution in [3.05, 3.63) is 11.6 Å². The first-order valence-electron chi connectivity index (χ1n) is 17.7. The number of carbonyl (C=O) groups excluding carboxylic acids is 3. The number of Topliss-reactive ketones (excluding diaryl/α,β-unsaturated/α-hetero) is 2. The summed E-state index contributed by atoms with van der Waals surface area (Å²) in [5.74, 6) is -0.579. The average Bonchev–Trinajstić information content (AvgIpc) is 3.80. The Morgan fingerprint density at radius 2 is 1.74 bits per heavy atom. The van der Waals surface area contributed by atoms with Gasteiger partial charge in [-0.3, -0.25) is 14.4 Å². The number of fused-ring (bicyclic) bond motifs is 2. The fourth-order valence-electron chi connectivity index (χ4n) is 12.3. The highest BCUT2D eigenvalue weighted by Crippen LogP contribution is 2.88. The lowest BCUT2D eigenvalue weighted by Crippen LogP contribution is -2.60. The summed E-state index contributed by atoms with van der Waals surface area (Å²) in [4.78, 5) is 40.2. The summed E-state index contributed by atoms with van der Waals surface area (Å²) in [5, 5.41) is 30.8. The van der Waals surface area contributed by atoms with Gasteiger partial charge in [0.1, 0.15) is 36.3 Å². The van der Waals surface area contributed by atoms with Crippen LogP contribution in [-0.2, 0) is 33.3 Å². The Morgan fingerprint density at radius 1 is 1.06 bits per heavy atom. The number of allylic oxidation sites excluding steroid dienone is 2. The van der Waals surface area contributed by atoms with Crippen LogP contribution in [0.25, 0.3) is 0 Å². The van der Waals surface area contributed by atoms with Crippen LogP contribution in [-0.4, -0.2) is 88.0 Å². The van der Waals surface area contributed by atoms with Gasteiger partial charge in [0, 0.05) is 41.9 Å². The second kappa shape index (κ2) is 10.4. The van der Waals surface area contributed by atoms with E-state index in [1.165, 1.54) is 12.5 Å². The van der Waals surface area contributed by atoms with Gasteiger partial charge < -0.3 is 34.3 Å². The second-order valence-electron chi connectivity index (χ2n) is 17.8. The highest BCUT2D eigenvalue weighted by atomic mass is 16.7. The smallest absolute Gasteiger partial charge is 0.302 e. The molecule has 2 aliphatic heterocycles. The van der Waals surface area contributed by atoms with E-state index in [9.17, 15) is 29.7 Å². The Kier molecular flexibility index (Phi) is 7.49. The summed E-state index contributed by atoms with van der Waals surface area (Å²) in [6.07, 6.45) is 1.06. The van der Waals surface area contributed by atoms with Crippen molar-refractivity contribution in [2.45, 2.75) is 149 Å². The van der Waals surface area contributed by atoms with Crippen LogP contribution in [0.5, 0.6) is 0 Å². The maximum absolute atomic E-state index is 14.2. The quantitative estimate of drug-likeness (QED) is 0.210. The molecule has 10 heteroatoms. The minimum atomic E-state index is -1.34. The van der Waals surface area contributed by atoms with Gasteiger partial charge in [0.05, 0.1) is 18.3 Å². The number of esters is 1. The maximum Gasteiger partial charge on any atom is 0.302 e. The second-order valence-corrected chi connectivity index (χ2v) is 17.8. The predicted octanol–water partition coefficient (Wildman–Crippen LogP) is 3.66. The Morgan fingerprint density at radius 3 is 2.38 bits per heavy atom. The zero-order chi connectivity index (χ0) is 34.3. The van der Waals surface area contributed by atoms with Gasteiger partial charge >= 0.3 is 5.97 Å². The Hall–Kier alpha value is -1.69. The molecule has 0 unspecified atom stereocenters. The van der Waals surface area contributed by atoms with Crippen LogP contribution in [0.4, 0.5) is 0 Å². The molecule has 0 amide bonds. The largest absolute Gasteiger partial charge is 0.462 e. The van der Waals surface area contributed by atoms with Crippen LogP contribution in [0.3, 0.4) is 0 Å². The number of rotatable bonds is 7. The third-order valence-electron chi connectivity index (χ3n) is 14.7. The molecule has 2 spiro atoms. The van der Waals surface area contributed by atoms with Crippen molar-refractivity contribution in [2.24, 2.45) is 44.8 Å². The van der Waals surface area contributed by atoms with E-state index >= 15 is 0 Å². The molecule has 47 heavy (non-hydrogen) atoms. The van der Waals surface area contributed by atoms with Gasteiger partial charge in [-0.25, -0.2) is 0 Å². The fourth-order valence-corrected chi connectivity index (χ4v) is 12.3. The van der Waals surface area contributed by atoms with Gasteiger partial charge in [-0.1, -0.05) is 46.3 Å². The van der Waals surface area contributed by atoms with Crippen LogP contribution < -0.4 is 0 Å². The molecule has 2 heterocycles. The molecule has 6 fully saturated rings. The zero-order valence-corrected chi connectivity index (χ0v) is 29.2. The molecule has 10 nitrogen and oxygen atoms in total. The van der Waals surface area contributed by atoms with Crippen LogP contribution in [0.15, 0.2) is 11.6 Å². The van der Waals surface area contributed by atoms with Crippen molar-refractivity contribution in [2.75, 3.05) is 6.61 Å². The molecule has 262 valence electrons. The minimum Gasteiger partial charge on any atom is -0.462 e. The van der Waals surface area contributed by atoms with E-state index in [1.54, 1.807) is 0 Å². The third kappa shape index (κ3) is 4.46. The zero-order valence-electron chi connectivity index (χ0n) is 29.2. The lowest BCUT2D eigenvalue weighted by molar-refractivity contribution is -0.300. The maximum atomic E-state index is 14.2. The van der Waals surface area contributed by atoms with E-state index in [0.717, 1.165) is 25.7 Å². The van der Waals surface area contributed by atoms with Crippen molar-refractivity contribution in [3.63, 3.8) is 0 Å². The predicted molar refractivity (Wildman–Crippen MR) is 169 cm³/mol. The third-order valence-corrected chi connectivity index (χ3v) is 14.7. The molecule has 14 atom stereocenters. The van der Waals surface area contributed by atoms with Crippen molar-refractivity contribution in [1.82, 2.24) is 0 Å². The van der Waals surface area contributed by atoms with Gasteiger partial charge in [0.15, 0.2) is 12.1 Å². The van der Waals surface area contributed by atoms with Gasteiger partial charge in [0.2, 0.25) is 0 Å². The first kappa shape index (κ1) is 33.8. The average molecular weight is 659 g/mol. The molecule has 0 bridgehead atoms. The lowest BCUT2D eigenvalue weighted by Gasteiger charge is -2.61. The molecule has 3 N–H and O–H groups in total. The first-order chi connectivity index (χ1) is 21.8. The van der Waals surface area contributed by atoms with Crippen LogP contribution in [0, 0.1) is 44.8 Å². The van der Waals surface area contributed by atoms with Crippen LogP contribution in [0.2, 0.25) is 0 Å². The number of hydrogen-bond acceptors (Lipinski definition) is 10. The minimum absolute atomic E-state index is 0.0303. The molecule has 0 aromatic carbocycles. The number of ketones is 2. The van der Waals surface area contributed by atoms with Crippen molar-refractivity contribution < 1.29 is 48.7 Å². The van der Waals surface area contributed by atoms with E-state index in [-0.39, 0.29) is 64.7 Å². The summed E-state index contributed by atoms with van der Waals surface area (Å²) in [6.45, 7) is 15.9. The van der Waals surface area contributed by atoms with Crippen molar-refractivity contribution in [1.29, 1.82) is 0 Å². The molecule has 0 aromatic heterocycles. The van der Waals surface area contributed by atoms with Gasteiger partial charge in [0.25, 0.3) is 0 Å². The lowest BCUT2D eigenvalue weighted by atomic mass is 9.44. The number of hydrogen-bond donors (Lipinski definition) is 3. The normalized spacial score (nSPS) is 51.0. The molecule has 2 saturated heterocycles. The van der Waals surface area contributed by atoms with Gasteiger partial charge in [-0.05, 0) is 68.6 Å². The summed E-state index contributed by atoms with van der Waals surface area (Å²) in [7, 11) is 0. The summed E-state index contributed by atoms with van der Waals surface area (Å²) >= 11 is 0. The number of epoxide rings is 1. The first-order valence-corrected chi connectivity index (χ1v) is 17.7. The fraction of sp³-hybridized carbons (Fsp3) is 0.865. The summed E-state index contributed by atoms with van der Waals surface area (Å²) < 4.78 is 24.0. The van der Waals surface area contributed by atoms with E-state index < -0.39 is 59.2 Å². The van der Waals surface area contributed by atoms with E-state index in [4.69, 9.17) is 18.9 Å². The SMILES string of the molecule is CC(=O)O[C@@H]1C[C@@]23C[C@@]24CC[C@H](O[C@@H]2OC[C@H](O)[C@H](O)[C@H]2O)C(C)(C)[C@@H]4CC=C3[C@]2(C)CC(=O)[C@H]([C@H](C)CC(=O)[C@@H]3OC3(C)C)[C@@]12C. The standard InChI is InChI=1S/C37H54O10/c1-18(13-20(39)30-33(5,6)47-30)27-21(40)14-34(7)24-10-9-23-32(3,4)25(46-31-29(43)28(42)22(41)16-44-31)11-12-36(23)17-37(24,36)15-26(35(27,34)8)45-19(2)38/h10,18,22-23,25-31,41-43H,9,11-17H2,1-8H3/t18-,22+,23+,25+,26-,27+,28+,29-,30+,31+,34+,35-,36-,37+/m1/s1. The topological polar surface area (TPSA) is 152 Å². The summed E-state index contributed by atoms with van der Waals surface area (Å²) in [5.41, 5.74) is -0.862. The van der Waals surface area contributed by atoms with E-state index in [0.29, 0.717) is 12.8 Å². The Balaban J connectivity index is 1.20. The molecule has 0 radical (unpaired) electrons. The molecule has 7 aliphatic rings. The molecule has 7 rings (SSSR count). The molecule has 5 aliphatic carbocycles. The highest BCUT2D eigenvalue weighted by molar-refractivity contribution is 5.90. The van der Waals surface area contributed by atoms with Crippen molar-refractivity contribution in [3.8, 4) is 0 Å². The molecule has 4 saturated carbocycles. The van der Waals surface area contributed by atoms with E-state index in [2.05, 4.69) is 33.8 Å². The van der Waals surface area contributed by atoms with Crippen LogP contribution >= 0.6 is 0 Å². The monoisotopic (exact) mass is 658 g/mol. The number of carbonyl (C=O) groups is 3. The number of ether oxygens (including phenoxy) is 4. The number of aliphatic hydroxyl groups excluding tert-OH is 3. The van der Waals surface area contributed by atoms with Gasteiger partial charge in [-0.2, -0.15) is 0 Å².